The Hall–Kier alpha value is -3.10. The molecule has 1 saturated carbocycles. The summed E-state index contributed by atoms with van der Waals surface area (Å²) in [5.41, 5.74) is 3.85. The fourth-order valence-electron chi connectivity index (χ4n) is 4.68. The number of aromatic nitrogens is 4. The van der Waals surface area contributed by atoms with Crippen molar-refractivity contribution in [1.29, 1.82) is 0 Å². The van der Waals surface area contributed by atoms with Gasteiger partial charge in [0.25, 0.3) is 5.91 Å². The second-order valence-electron chi connectivity index (χ2n) is 8.36. The summed E-state index contributed by atoms with van der Waals surface area (Å²) in [6, 6.07) is 1.64. The van der Waals surface area contributed by atoms with Gasteiger partial charge in [-0.1, -0.05) is 0 Å². The third kappa shape index (κ3) is 3.05. The highest BCUT2D eigenvalue weighted by molar-refractivity contribution is 5.96. The van der Waals surface area contributed by atoms with E-state index in [1.807, 2.05) is 14.0 Å². The van der Waals surface area contributed by atoms with Crippen molar-refractivity contribution in [3.8, 4) is 11.3 Å². The first-order valence-corrected chi connectivity index (χ1v) is 10.3. The molecule has 1 aromatic carbocycles. The molecule has 0 spiro atoms. The highest BCUT2D eigenvalue weighted by Crippen LogP contribution is 2.42. The molecule has 1 fully saturated rings. The van der Waals surface area contributed by atoms with E-state index < -0.39 is 17.5 Å². The summed E-state index contributed by atoms with van der Waals surface area (Å²) in [7, 11) is 3.53. The van der Waals surface area contributed by atoms with Crippen LogP contribution in [0, 0.1) is 17.5 Å². The molecule has 1 aliphatic heterocycles. The van der Waals surface area contributed by atoms with Crippen molar-refractivity contribution >= 4 is 5.91 Å². The van der Waals surface area contributed by atoms with Crippen LogP contribution < -0.4 is 0 Å². The average molecular weight is 429 g/mol. The monoisotopic (exact) mass is 429 g/mol. The summed E-state index contributed by atoms with van der Waals surface area (Å²) >= 11 is 0. The molecule has 1 atom stereocenters. The molecule has 162 valence electrons. The van der Waals surface area contributed by atoms with E-state index in [-0.39, 0.29) is 17.5 Å². The predicted octanol–water partition coefficient (Wildman–Crippen LogP) is 3.87. The van der Waals surface area contributed by atoms with Crippen LogP contribution in [0.4, 0.5) is 13.2 Å². The van der Waals surface area contributed by atoms with Gasteiger partial charge in [-0.15, -0.1) is 0 Å². The van der Waals surface area contributed by atoms with Crippen LogP contribution in [-0.2, 0) is 20.5 Å². The van der Waals surface area contributed by atoms with Gasteiger partial charge in [0.2, 0.25) is 0 Å². The number of carbonyl (C=O) groups is 1. The molecule has 1 aliphatic carbocycles. The second kappa shape index (κ2) is 6.96. The summed E-state index contributed by atoms with van der Waals surface area (Å²) in [4.78, 5) is 15.1. The highest BCUT2D eigenvalue weighted by atomic mass is 19.2. The summed E-state index contributed by atoms with van der Waals surface area (Å²) in [6.45, 7) is 2.34. The number of rotatable bonds is 3. The van der Waals surface area contributed by atoms with E-state index in [0.29, 0.717) is 35.8 Å². The number of benzene rings is 1. The molecule has 9 heteroatoms. The van der Waals surface area contributed by atoms with Crippen molar-refractivity contribution in [2.45, 2.75) is 38.1 Å². The van der Waals surface area contributed by atoms with E-state index in [9.17, 15) is 18.0 Å². The number of fused-ring (bicyclic) bond motifs is 1. The van der Waals surface area contributed by atoms with Gasteiger partial charge >= 0.3 is 0 Å². The van der Waals surface area contributed by atoms with Crippen molar-refractivity contribution in [2.24, 2.45) is 14.1 Å². The van der Waals surface area contributed by atoms with Crippen LogP contribution in [0.25, 0.3) is 11.3 Å². The zero-order chi connectivity index (χ0) is 22.0. The second-order valence-corrected chi connectivity index (χ2v) is 8.36. The van der Waals surface area contributed by atoms with Crippen LogP contribution in [0.3, 0.4) is 0 Å². The van der Waals surface area contributed by atoms with Gasteiger partial charge in [-0.05, 0) is 38.3 Å². The van der Waals surface area contributed by atoms with Gasteiger partial charge in [-0.3, -0.25) is 14.2 Å². The Kier molecular flexibility index (Phi) is 4.46. The number of amides is 1. The molecule has 5 rings (SSSR count). The zero-order valence-electron chi connectivity index (χ0n) is 17.5. The van der Waals surface area contributed by atoms with Gasteiger partial charge in [0.15, 0.2) is 17.5 Å². The molecule has 0 N–H and O–H groups in total. The van der Waals surface area contributed by atoms with E-state index in [4.69, 9.17) is 0 Å². The molecule has 3 aromatic rings. The van der Waals surface area contributed by atoms with Crippen LogP contribution in [0.15, 0.2) is 18.3 Å². The molecule has 2 aromatic heterocycles. The standard InChI is InChI=1S/C22H22F3N5O/c1-11-19-14(21(29(3)27-19)13-8-16(23)18(25)17(24)9-13)6-7-30(11)22(31)15-10-26-28(2)20(15)12-4-5-12/h8-12H,4-7H2,1-3H3/t11-/m0/s1. The van der Waals surface area contributed by atoms with Crippen LogP contribution in [0.5, 0.6) is 0 Å². The van der Waals surface area contributed by atoms with E-state index >= 15 is 0 Å². The summed E-state index contributed by atoms with van der Waals surface area (Å²) < 4.78 is 44.4. The third-order valence-corrected chi connectivity index (χ3v) is 6.34. The lowest BCUT2D eigenvalue weighted by molar-refractivity contribution is 0.0672. The number of hydrogen-bond donors (Lipinski definition) is 0. The number of nitrogens with zero attached hydrogens (tertiary/aromatic N) is 5. The van der Waals surface area contributed by atoms with Crippen LogP contribution >= 0.6 is 0 Å². The van der Waals surface area contributed by atoms with E-state index in [1.54, 1.807) is 27.5 Å². The molecule has 1 amide bonds. The molecular formula is C22H22F3N5O. The summed E-state index contributed by atoms with van der Waals surface area (Å²) in [5, 5.41) is 8.85. The minimum Gasteiger partial charge on any atom is -0.330 e. The largest absolute Gasteiger partial charge is 0.330 e. The Labute approximate surface area is 177 Å². The first kappa shape index (κ1) is 19.8. The maximum absolute atomic E-state index is 13.8. The van der Waals surface area contributed by atoms with Crippen molar-refractivity contribution in [1.82, 2.24) is 24.5 Å². The van der Waals surface area contributed by atoms with Crippen LogP contribution in [-0.4, -0.2) is 36.9 Å². The Morgan fingerprint density at radius 2 is 1.77 bits per heavy atom. The topological polar surface area (TPSA) is 56.0 Å². The quantitative estimate of drug-likeness (QED) is 0.594. The van der Waals surface area contributed by atoms with Crippen LogP contribution in [0.1, 0.15) is 59.0 Å². The van der Waals surface area contributed by atoms with Gasteiger partial charge in [0, 0.05) is 37.7 Å². The van der Waals surface area contributed by atoms with E-state index in [2.05, 4.69) is 10.2 Å². The first-order chi connectivity index (χ1) is 14.8. The molecule has 2 aliphatic rings. The number of hydrogen-bond acceptors (Lipinski definition) is 3. The fraction of sp³-hybridized carbons (Fsp3) is 0.409. The van der Waals surface area contributed by atoms with Gasteiger partial charge in [-0.25, -0.2) is 13.2 Å². The number of carbonyl (C=O) groups excluding carboxylic acids is 1. The minimum atomic E-state index is -1.49. The third-order valence-electron chi connectivity index (χ3n) is 6.34. The van der Waals surface area contributed by atoms with E-state index in [0.717, 1.165) is 36.2 Å². The van der Waals surface area contributed by atoms with Gasteiger partial charge in [0.05, 0.1) is 34.9 Å². The minimum absolute atomic E-state index is 0.0841. The van der Waals surface area contributed by atoms with Crippen molar-refractivity contribution in [3.05, 3.63) is 58.3 Å². The highest BCUT2D eigenvalue weighted by Gasteiger charge is 2.37. The Bertz CT molecular complexity index is 1190. The molecule has 3 heterocycles. The zero-order valence-corrected chi connectivity index (χ0v) is 17.5. The lowest BCUT2D eigenvalue weighted by Gasteiger charge is -2.33. The predicted molar refractivity (Wildman–Crippen MR) is 107 cm³/mol. The molecule has 0 saturated heterocycles. The maximum atomic E-state index is 13.8. The molecule has 0 bridgehead atoms. The van der Waals surface area contributed by atoms with Crippen molar-refractivity contribution < 1.29 is 18.0 Å². The lowest BCUT2D eigenvalue weighted by atomic mass is 9.95. The summed E-state index contributed by atoms with van der Waals surface area (Å²) in [5.74, 6) is -3.68. The Morgan fingerprint density at radius 3 is 2.42 bits per heavy atom. The molecule has 6 nitrogen and oxygen atoms in total. The van der Waals surface area contributed by atoms with Gasteiger partial charge in [-0.2, -0.15) is 10.2 Å². The molecule has 0 radical (unpaired) electrons. The van der Waals surface area contributed by atoms with Crippen molar-refractivity contribution in [2.75, 3.05) is 6.54 Å². The smallest absolute Gasteiger partial charge is 0.257 e. The number of halogens is 3. The molecule has 31 heavy (non-hydrogen) atoms. The SMILES string of the molecule is C[C@H]1c2nn(C)c(-c3cc(F)c(F)c(F)c3)c2CCN1C(=O)c1cnn(C)c1C1CC1. The maximum Gasteiger partial charge on any atom is 0.257 e. The summed E-state index contributed by atoms with van der Waals surface area (Å²) in [6.07, 6.45) is 4.24. The normalized spacial score (nSPS) is 18.4. The molecular weight excluding hydrogens is 407 g/mol. The molecule has 0 unspecified atom stereocenters. The average Bonchev–Trinajstić information content (AvgIpc) is 3.40. The Balaban J connectivity index is 1.51. The number of aryl methyl sites for hydroxylation is 2. The van der Waals surface area contributed by atoms with E-state index in [1.165, 1.54) is 0 Å². The fourth-order valence-corrected chi connectivity index (χ4v) is 4.68. The van der Waals surface area contributed by atoms with Gasteiger partial charge < -0.3 is 4.90 Å². The van der Waals surface area contributed by atoms with Crippen LogP contribution in [0.2, 0.25) is 0 Å². The first-order valence-electron chi connectivity index (χ1n) is 10.3. The Morgan fingerprint density at radius 1 is 1.10 bits per heavy atom. The van der Waals surface area contributed by atoms with Gasteiger partial charge in [0.1, 0.15) is 0 Å². The van der Waals surface area contributed by atoms with Crippen molar-refractivity contribution in [3.63, 3.8) is 0 Å². The lowest BCUT2D eigenvalue weighted by Crippen LogP contribution is -2.39.